The van der Waals surface area contributed by atoms with Crippen LogP contribution in [0.15, 0.2) is 4.42 Å². The lowest BCUT2D eigenvalue weighted by atomic mass is 10.2. The Morgan fingerprint density at radius 2 is 1.77 bits per heavy atom. The average Bonchev–Trinajstić information content (AvgIpc) is 2.99. The van der Waals surface area contributed by atoms with Crippen LogP contribution in [0, 0.1) is 20.8 Å². The predicted molar refractivity (Wildman–Crippen MR) is 87.4 cm³/mol. The SMILES string of the molecule is Cc1nc(C)c(C(=O)N(C)[C@H](C)c2sc(C(C)C)nc2C)o1. The molecule has 0 spiro atoms. The molecule has 0 radical (unpaired) electrons. The number of amides is 1. The van der Waals surface area contributed by atoms with Gasteiger partial charge in [-0.3, -0.25) is 4.79 Å². The van der Waals surface area contributed by atoms with Crippen LogP contribution in [0.4, 0.5) is 0 Å². The smallest absolute Gasteiger partial charge is 0.291 e. The Kier molecular flexibility index (Phi) is 4.70. The minimum absolute atomic E-state index is 0.0534. The van der Waals surface area contributed by atoms with E-state index < -0.39 is 0 Å². The van der Waals surface area contributed by atoms with E-state index in [4.69, 9.17) is 4.42 Å². The fraction of sp³-hybridized carbons (Fsp3) is 0.562. The molecule has 2 aromatic heterocycles. The molecule has 0 aliphatic rings. The standard InChI is InChI=1S/C16H23N3O2S/c1-8(2)15-18-10(4)14(22-15)11(5)19(7)16(20)13-9(3)17-12(6)21-13/h8,11H,1-7H3/t11-/m1/s1. The van der Waals surface area contributed by atoms with Crippen LogP contribution in [0.2, 0.25) is 0 Å². The Bertz CT molecular complexity index is 688. The highest BCUT2D eigenvalue weighted by Gasteiger charge is 2.27. The molecule has 1 atom stereocenters. The highest BCUT2D eigenvalue weighted by molar-refractivity contribution is 7.11. The lowest BCUT2D eigenvalue weighted by Gasteiger charge is -2.23. The average molecular weight is 321 g/mol. The maximum absolute atomic E-state index is 12.6. The Morgan fingerprint density at radius 3 is 2.23 bits per heavy atom. The number of carbonyl (C=O) groups is 1. The summed E-state index contributed by atoms with van der Waals surface area (Å²) in [6, 6.07) is -0.0534. The second-order valence-corrected chi connectivity index (χ2v) is 6.96. The van der Waals surface area contributed by atoms with Gasteiger partial charge in [0, 0.05) is 24.8 Å². The first-order valence-electron chi connectivity index (χ1n) is 7.40. The van der Waals surface area contributed by atoms with Gasteiger partial charge in [-0.2, -0.15) is 0 Å². The second kappa shape index (κ2) is 6.20. The molecule has 2 heterocycles. The molecule has 0 N–H and O–H groups in total. The van der Waals surface area contributed by atoms with Crippen molar-refractivity contribution in [3.8, 4) is 0 Å². The maximum Gasteiger partial charge on any atom is 0.291 e. The van der Waals surface area contributed by atoms with E-state index in [0.29, 0.717) is 23.3 Å². The number of rotatable bonds is 4. The highest BCUT2D eigenvalue weighted by atomic mass is 32.1. The monoisotopic (exact) mass is 321 g/mol. The lowest BCUT2D eigenvalue weighted by molar-refractivity contribution is 0.0710. The number of nitrogens with zero attached hydrogens (tertiary/aromatic N) is 3. The van der Waals surface area contributed by atoms with E-state index in [2.05, 4.69) is 23.8 Å². The van der Waals surface area contributed by atoms with E-state index in [1.165, 1.54) is 0 Å². The largest absolute Gasteiger partial charge is 0.436 e. The third-order valence-electron chi connectivity index (χ3n) is 3.72. The lowest BCUT2D eigenvalue weighted by Crippen LogP contribution is -2.29. The van der Waals surface area contributed by atoms with Crippen LogP contribution in [0.1, 0.15) is 70.4 Å². The molecule has 2 aromatic rings. The zero-order valence-electron chi connectivity index (χ0n) is 14.2. The molecule has 2 rings (SSSR count). The van der Waals surface area contributed by atoms with Gasteiger partial charge in [0.2, 0.25) is 5.76 Å². The summed E-state index contributed by atoms with van der Waals surface area (Å²) >= 11 is 1.67. The molecular formula is C16H23N3O2S. The minimum atomic E-state index is -0.149. The zero-order valence-corrected chi connectivity index (χ0v) is 15.0. The summed E-state index contributed by atoms with van der Waals surface area (Å²) in [5, 5.41) is 1.10. The highest BCUT2D eigenvalue weighted by Crippen LogP contribution is 2.32. The summed E-state index contributed by atoms with van der Waals surface area (Å²) in [6.45, 7) is 11.8. The summed E-state index contributed by atoms with van der Waals surface area (Å²) < 4.78 is 5.44. The summed E-state index contributed by atoms with van der Waals surface area (Å²) in [7, 11) is 1.79. The zero-order chi connectivity index (χ0) is 16.6. The molecule has 0 fully saturated rings. The van der Waals surface area contributed by atoms with E-state index in [-0.39, 0.29) is 11.9 Å². The number of hydrogen-bond acceptors (Lipinski definition) is 5. The molecule has 0 saturated heterocycles. The molecule has 6 heteroatoms. The molecule has 0 saturated carbocycles. The summed E-state index contributed by atoms with van der Waals surface area (Å²) in [5.74, 6) is 1.07. The number of hydrogen-bond donors (Lipinski definition) is 0. The van der Waals surface area contributed by atoms with Crippen molar-refractivity contribution in [3.05, 3.63) is 32.9 Å². The third kappa shape index (κ3) is 3.06. The molecular weight excluding hydrogens is 298 g/mol. The molecule has 0 aliphatic carbocycles. The van der Waals surface area contributed by atoms with Crippen molar-refractivity contribution in [2.24, 2.45) is 0 Å². The van der Waals surface area contributed by atoms with Gasteiger partial charge in [0.15, 0.2) is 5.89 Å². The van der Waals surface area contributed by atoms with E-state index in [9.17, 15) is 4.79 Å². The molecule has 120 valence electrons. The van der Waals surface area contributed by atoms with Crippen molar-refractivity contribution < 1.29 is 9.21 Å². The van der Waals surface area contributed by atoms with Crippen LogP contribution in [0.3, 0.4) is 0 Å². The molecule has 22 heavy (non-hydrogen) atoms. The summed E-state index contributed by atoms with van der Waals surface area (Å²) in [5.41, 5.74) is 1.62. The minimum Gasteiger partial charge on any atom is -0.436 e. The van der Waals surface area contributed by atoms with Gasteiger partial charge in [-0.15, -0.1) is 11.3 Å². The van der Waals surface area contributed by atoms with Gasteiger partial charge in [-0.25, -0.2) is 9.97 Å². The number of thiazole rings is 1. The van der Waals surface area contributed by atoms with E-state index in [1.54, 1.807) is 37.1 Å². The number of carbonyl (C=O) groups excluding carboxylic acids is 1. The fourth-order valence-electron chi connectivity index (χ4n) is 2.31. The molecule has 0 unspecified atom stereocenters. The quantitative estimate of drug-likeness (QED) is 0.853. The normalized spacial score (nSPS) is 12.7. The molecule has 0 aliphatic heterocycles. The third-order valence-corrected chi connectivity index (χ3v) is 5.35. The number of oxazole rings is 1. The van der Waals surface area contributed by atoms with Gasteiger partial charge in [-0.1, -0.05) is 13.8 Å². The van der Waals surface area contributed by atoms with Crippen LogP contribution in [-0.2, 0) is 0 Å². The number of aryl methyl sites for hydroxylation is 3. The van der Waals surface area contributed by atoms with Gasteiger partial charge in [0.25, 0.3) is 5.91 Å². The van der Waals surface area contributed by atoms with E-state index in [0.717, 1.165) is 15.6 Å². The Balaban J connectivity index is 2.27. The maximum atomic E-state index is 12.6. The van der Waals surface area contributed by atoms with Crippen LogP contribution in [0.5, 0.6) is 0 Å². The van der Waals surface area contributed by atoms with E-state index >= 15 is 0 Å². The van der Waals surface area contributed by atoms with Crippen molar-refractivity contribution in [2.45, 2.75) is 53.5 Å². The van der Waals surface area contributed by atoms with Crippen LogP contribution >= 0.6 is 11.3 Å². The fourth-order valence-corrected chi connectivity index (χ4v) is 3.47. The van der Waals surface area contributed by atoms with Crippen LogP contribution in [-0.4, -0.2) is 27.8 Å². The van der Waals surface area contributed by atoms with Gasteiger partial charge in [0.1, 0.15) is 0 Å². The predicted octanol–water partition coefficient (Wildman–Crippen LogP) is 4.01. The number of aromatic nitrogens is 2. The first kappa shape index (κ1) is 16.7. The van der Waals surface area contributed by atoms with Crippen molar-refractivity contribution in [1.29, 1.82) is 0 Å². The summed E-state index contributed by atoms with van der Waals surface area (Å²) in [4.78, 5) is 24.2. The Hall–Kier alpha value is -1.69. The first-order valence-corrected chi connectivity index (χ1v) is 8.22. The molecule has 0 aromatic carbocycles. The van der Waals surface area contributed by atoms with E-state index in [1.807, 2.05) is 13.8 Å². The van der Waals surface area contributed by atoms with Crippen molar-refractivity contribution in [1.82, 2.24) is 14.9 Å². The molecule has 5 nitrogen and oxygen atoms in total. The van der Waals surface area contributed by atoms with Crippen LogP contribution < -0.4 is 0 Å². The molecule has 0 bridgehead atoms. The van der Waals surface area contributed by atoms with Gasteiger partial charge in [-0.05, 0) is 20.8 Å². The molecule has 1 amide bonds. The van der Waals surface area contributed by atoms with Gasteiger partial charge < -0.3 is 9.32 Å². The topological polar surface area (TPSA) is 59.2 Å². The first-order chi connectivity index (χ1) is 10.2. The van der Waals surface area contributed by atoms with Crippen molar-refractivity contribution in [3.63, 3.8) is 0 Å². The Labute approximate surface area is 135 Å². The van der Waals surface area contributed by atoms with Crippen LogP contribution in [0.25, 0.3) is 0 Å². The Morgan fingerprint density at radius 1 is 1.14 bits per heavy atom. The second-order valence-electron chi connectivity index (χ2n) is 5.90. The van der Waals surface area contributed by atoms with Gasteiger partial charge in [0.05, 0.1) is 22.4 Å². The van der Waals surface area contributed by atoms with Crippen molar-refractivity contribution >= 4 is 17.2 Å². The van der Waals surface area contributed by atoms with Gasteiger partial charge >= 0.3 is 0 Å². The van der Waals surface area contributed by atoms with Crippen molar-refractivity contribution in [2.75, 3.05) is 7.05 Å². The summed E-state index contributed by atoms with van der Waals surface area (Å²) in [6.07, 6.45) is 0.